The zero-order valence-electron chi connectivity index (χ0n) is 3.83. The van der Waals surface area contributed by atoms with Gasteiger partial charge < -0.3 is 0 Å². The molecule has 0 unspecified atom stereocenters. The molecule has 0 aliphatic carbocycles. The van der Waals surface area contributed by atoms with Crippen molar-refractivity contribution in [3.05, 3.63) is 10.4 Å². The number of nitrogens with one attached hydrogen (secondary N) is 1. The summed E-state index contributed by atoms with van der Waals surface area (Å²) in [4.78, 5) is 12.5. The maximum Gasteiger partial charge on any atom is 0.320 e. The number of amides is 1. The second-order valence-corrected chi connectivity index (χ2v) is 1.62. The molecule has 0 aliphatic heterocycles. The molecule has 1 N–H and O–H groups in total. The molecule has 1 amide bonds. The maximum atomic E-state index is 10.2. The second-order valence-electron chi connectivity index (χ2n) is 0.858. The van der Waals surface area contributed by atoms with Gasteiger partial charge in [-0.25, -0.2) is 4.79 Å². The Labute approximate surface area is 59.2 Å². The number of halogens is 1. The highest BCUT2D eigenvalue weighted by atomic mass is 127. The van der Waals surface area contributed by atoms with Crippen molar-refractivity contribution >= 4 is 28.5 Å². The first-order valence-corrected chi connectivity index (χ1v) is 3.22. The molecular formula is C2H3IN4O. The Balaban J connectivity index is 3.39. The zero-order chi connectivity index (χ0) is 6.41. The molecule has 0 aliphatic rings. The minimum atomic E-state index is -0.289. The molecule has 0 radical (unpaired) electrons. The summed E-state index contributed by atoms with van der Waals surface area (Å²) in [5.74, 6) is -0.289. The summed E-state index contributed by atoms with van der Waals surface area (Å²) < 4.78 is 0.302. The number of carbonyl (C=O) groups is 1. The highest BCUT2D eigenvalue weighted by Crippen LogP contribution is 1.78. The molecule has 5 nitrogen and oxygen atoms in total. The van der Waals surface area contributed by atoms with Gasteiger partial charge in [0.15, 0.2) is 0 Å². The van der Waals surface area contributed by atoms with Crippen LogP contribution in [0, 0.1) is 0 Å². The molecule has 0 atom stereocenters. The Kier molecular flexibility index (Phi) is 4.38. The van der Waals surface area contributed by atoms with Gasteiger partial charge in [0, 0.05) is 0 Å². The molecule has 0 aromatic heterocycles. The number of rotatable bonds is 2. The molecule has 6 heteroatoms. The van der Waals surface area contributed by atoms with E-state index in [-0.39, 0.29) is 5.91 Å². The van der Waals surface area contributed by atoms with Gasteiger partial charge in [0.05, 0.1) is 0 Å². The second kappa shape index (κ2) is 4.66. The van der Waals surface area contributed by atoms with Gasteiger partial charge in [-0.3, -0.25) is 0 Å². The smallest absolute Gasteiger partial charge is 0.246 e. The predicted octanol–water partition coefficient (Wildman–Crippen LogP) is 0.763. The van der Waals surface area contributed by atoms with Crippen LogP contribution in [0.15, 0.2) is 5.22 Å². The van der Waals surface area contributed by atoms with Crippen LogP contribution in [0.25, 0.3) is 10.4 Å². The average molecular weight is 226 g/mol. The van der Waals surface area contributed by atoms with Crippen LogP contribution < -0.4 is 5.43 Å². The fourth-order valence-corrected chi connectivity index (χ4v) is 0.279. The molecule has 0 fully saturated rings. The van der Waals surface area contributed by atoms with Crippen molar-refractivity contribution < 1.29 is 4.79 Å². The molecule has 0 heterocycles. The minimum Gasteiger partial charge on any atom is -0.246 e. The van der Waals surface area contributed by atoms with Gasteiger partial charge in [-0.2, -0.15) is 10.3 Å². The lowest BCUT2D eigenvalue weighted by Gasteiger charge is -1.82. The van der Waals surface area contributed by atoms with E-state index in [0.29, 0.717) is 4.43 Å². The van der Waals surface area contributed by atoms with Gasteiger partial charge in [-0.15, -0.1) is 5.53 Å². The fourth-order valence-electron chi connectivity index (χ4n) is 0.108. The SMILES string of the molecule is [N-]=[N+]=NNC(=O)CI. The van der Waals surface area contributed by atoms with Gasteiger partial charge in [-0.05, 0) is 5.22 Å². The van der Waals surface area contributed by atoms with Crippen molar-refractivity contribution in [2.75, 3.05) is 4.43 Å². The first-order chi connectivity index (χ1) is 3.81. The fraction of sp³-hybridized carbons (Fsp3) is 0.500. The van der Waals surface area contributed by atoms with E-state index in [2.05, 4.69) is 10.1 Å². The monoisotopic (exact) mass is 226 g/mol. The quantitative estimate of drug-likeness (QED) is 0.185. The number of nitrogens with zero attached hydrogens (tertiary/aromatic N) is 3. The van der Waals surface area contributed by atoms with Crippen LogP contribution in [0.5, 0.6) is 0 Å². The Morgan fingerprint density at radius 2 is 2.62 bits per heavy atom. The van der Waals surface area contributed by atoms with Crippen LogP contribution in [0.4, 0.5) is 0 Å². The average Bonchev–Trinajstić information content (AvgIpc) is 1.83. The zero-order valence-corrected chi connectivity index (χ0v) is 5.99. The van der Waals surface area contributed by atoms with E-state index in [1.54, 1.807) is 0 Å². The lowest BCUT2D eigenvalue weighted by molar-refractivity contribution is -0.118. The third kappa shape index (κ3) is 3.69. The summed E-state index contributed by atoms with van der Waals surface area (Å²) in [6, 6.07) is 0. The van der Waals surface area contributed by atoms with E-state index in [4.69, 9.17) is 5.53 Å². The summed E-state index contributed by atoms with van der Waals surface area (Å²) in [5, 5.41) is 2.82. The molecular weight excluding hydrogens is 223 g/mol. The van der Waals surface area contributed by atoms with Gasteiger partial charge in [0.1, 0.15) is 4.43 Å². The Bertz CT molecular complexity index is 128. The first kappa shape index (κ1) is 7.51. The van der Waals surface area contributed by atoms with Gasteiger partial charge in [-0.1, -0.05) is 22.6 Å². The van der Waals surface area contributed by atoms with Crippen molar-refractivity contribution in [1.82, 2.24) is 5.43 Å². The van der Waals surface area contributed by atoms with Crippen molar-refractivity contribution in [2.24, 2.45) is 5.22 Å². The van der Waals surface area contributed by atoms with E-state index >= 15 is 0 Å². The highest BCUT2D eigenvalue weighted by molar-refractivity contribution is 14.1. The van der Waals surface area contributed by atoms with Crippen LogP contribution in [0.1, 0.15) is 0 Å². The van der Waals surface area contributed by atoms with E-state index in [9.17, 15) is 4.79 Å². The highest BCUT2D eigenvalue weighted by Gasteiger charge is 1.94. The minimum absolute atomic E-state index is 0.289. The largest absolute Gasteiger partial charge is 0.320 e. The normalized spacial score (nSPS) is 7.12. The van der Waals surface area contributed by atoms with Crippen molar-refractivity contribution in [1.29, 1.82) is 0 Å². The molecule has 0 bridgehead atoms. The molecule has 0 aromatic rings. The topological polar surface area (TPSA) is 77.9 Å². The number of azide groups is 1. The van der Waals surface area contributed by atoms with Crippen molar-refractivity contribution in [2.45, 2.75) is 0 Å². The maximum absolute atomic E-state index is 10.2. The summed E-state index contributed by atoms with van der Waals surface area (Å²) in [7, 11) is 0. The first-order valence-electron chi connectivity index (χ1n) is 1.70. The molecule has 0 saturated heterocycles. The lowest BCUT2D eigenvalue weighted by atomic mass is 10.8. The van der Waals surface area contributed by atoms with Crippen LogP contribution in [0.2, 0.25) is 0 Å². The Morgan fingerprint density at radius 3 is 3.00 bits per heavy atom. The molecule has 0 rings (SSSR count). The van der Waals surface area contributed by atoms with Gasteiger partial charge >= 0.3 is 5.91 Å². The van der Waals surface area contributed by atoms with Crippen molar-refractivity contribution in [3.8, 4) is 0 Å². The van der Waals surface area contributed by atoms with E-state index in [1.807, 2.05) is 28.0 Å². The summed E-state index contributed by atoms with van der Waals surface area (Å²) in [6.07, 6.45) is 0. The summed E-state index contributed by atoms with van der Waals surface area (Å²) in [6.45, 7) is 0. The number of carbonyl (C=O) groups excluding carboxylic acids is 1. The lowest BCUT2D eigenvalue weighted by Crippen LogP contribution is -2.16. The standard InChI is InChI=1S/C2H3IN4O/c3-1-2(8)5-7-6-4/h1H2,(H,5,8). The van der Waals surface area contributed by atoms with Crippen LogP contribution in [0.3, 0.4) is 0 Å². The van der Waals surface area contributed by atoms with E-state index in [1.165, 1.54) is 0 Å². The Hall–Kier alpha value is -0.490. The van der Waals surface area contributed by atoms with E-state index in [0.717, 1.165) is 0 Å². The summed E-state index contributed by atoms with van der Waals surface area (Å²) in [5.41, 5.74) is 9.60. The van der Waals surface area contributed by atoms with Crippen LogP contribution >= 0.6 is 22.6 Å². The molecule has 0 saturated carbocycles. The number of hydrogen-bond donors (Lipinski definition) is 1. The molecule has 0 aromatic carbocycles. The Morgan fingerprint density at radius 1 is 2.00 bits per heavy atom. The number of hydrogen-bond acceptors (Lipinski definition) is 2. The summed E-state index contributed by atoms with van der Waals surface area (Å²) >= 11 is 1.86. The van der Waals surface area contributed by atoms with Gasteiger partial charge in [0.2, 0.25) is 0 Å². The van der Waals surface area contributed by atoms with Gasteiger partial charge in [0.25, 0.3) is 0 Å². The van der Waals surface area contributed by atoms with Crippen LogP contribution in [-0.4, -0.2) is 10.3 Å². The van der Waals surface area contributed by atoms with E-state index < -0.39 is 0 Å². The van der Waals surface area contributed by atoms with Crippen molar-refractivity contribution in [3.63, 3.8) is 0 Å². The molecule has 44 valence electrons. The third-order valence-corrected chi connectivity index (χ3v) is 1.03. The molecule has 8 heavy (non-hydrogen) atoms. The number of alkyl halides is 1. The third-order valence-electron chi connectivity index (χ3n) is 0.341. The van der Waals surface area contributed by atoms with Crippen LogP contribution in [-0.2, 0) is 4.79 Å². The predicted molar refractivity (Wildman–Crippen MR) is 36.2 cm³/mol. The molecule has 0 spiro atoms.